The van der Waals surface area contributed by atoms with Gasteiger partial charge in [-0.05, 0) is 18.1 Å². The number of ether oxygens (including phenoxy) is 2. The maximum Gasteiger partial charge on any atom is 0.134 e. The van der Waals surface area contributed by atoms with Crippen molar-refractivity contribution in [2.45, 2.75) is 12.8 Å². The van der Waals surface area contributed by atoms with Crippen LogP contribution in [0.4, 0.5) is 0 Å². The Kier molecular flexibility index (Phi) is 5.78. The molecule has 1 radical (unpaired) electrons. The van der Waals surface area contributed by atoms with E-state index in [4.69, 9.17) is 9.47 Å². The van der Waals surface area contributed by atoms with Gasteiger partial charge < -0.3 is 9.47 Å². The molecule has 0 saturated heterocycles. The topological polar surface area (TPSA) is 18.5 Å². The maximum absolute atomic E-state index is 5.85. The summed E-state index contributed by atoms with van der Waals surface area (Å²) >= 11 is 0. The zero-order valence-corrected chi connectivity index (χ0v) is 12.1. The largest absolute Gasteiger partial charge is 0.382 e. The molecule has 2 aromatic carbocycles. The van der Waals surface area contributed by atoms with Gasteiger partial charge in [-0.1, -0.05) is 60.7 Å². The Morgan fingerprint density at radius 2 is 1.40 bits per heavy atom. The van der Waals surface area contributed by atoms with E-state index < -0.39 is 0 Å². The van der Waals surface area contributed by atoms with Crippen LogP contribution in [0.5, 0.6) is 0 Å². The highest BCUT2D eigenvalue weighted by atomic mass is 16.5. The molecule has 0 N–H and O–H groups in total. The first-order valence-corrected chi connectivity index (χ1v) is 6.94. The average Bonchev–Trinajstić information content (AvgIpc) is 2.50. The lowest BCUT2D eigenvalue weighted by Gasteiger charge is -2.26. The Bertz CT molecular complexity index is 436. The predicted molar refractivity (Wildman–Crippen MR) is 81.5 cm³/mol. The first-order valence-electron chi connectivity index (χ1n) is 6.94. The second-order valence-corrected chi connectivity index (χ2v) is 4.59. The molecule has 0 aliphatic carbocycles. The van der Waals surface area contributed by atoms with Gasteiger partial charge in [0.1, 0.15) is 6.10 Å². The molecule has 2 nitrogen and oxygen atoms in total. The SMILES string of the molecule is CCO[C](COC)C(c1ccccc1)c1ccccc1. The van der Waals surface area contributed by atoms with E-state index in [0.717, 1.165) is 6.10 Å². The fourth-order valence-electron chi connectivity index (χ4n) is 2.39. The number of benzene rings is 2. The zero-order chi connectivity index (χ0) is 14.2. The molecule has 2 aromatic rings. The highest BCUT2D eigenvalue weighted by Gasteiger charge is 2.26. The summed E-state index contributed by atoms with van der Waals surface area (Å²) in [7, 11) is 1.70. The van der Waals surface area contributed by atoms with Gasteiger partial charge in [-0.3, -0.25) is 0 Å². The molecule has 2 rings (SSSR count). The van der Waals surface area contributed by atoms with E-state index in [1.165, 1.54) is 11.1 Å². The van der Waals surface area contributed by atoms with Gasteiger partial charge in [0.15, 0.2) is 0 Å². The molecule has 0 aliphatic heterocycles. The van der Waals surface area contributed by atoms with Crippen molar-refractivity contribution in [3.05, 3.63) is 77.9 Å². The minimum Gasteiger partial charge on any atom is -0.382 e. The van der Waals surface area contributed by atoms with Crippen LogP contribution in [0.1, 0.15) is 24.0 Å². The predicted octanol–water partition coefficient (Wildman–Crippen LogP) is 4.03. The zero-order valence-electron chi connectivity index (χ0n) is 12.1. The van der Waals surface area contributed by atoms with Gasteiger partial charge in [-0.15, -0.1) is 0 Å². The summed E-state index contributed by atoms with van der Waals surface area (Å²) in [5.41, 5.74) is 2.44. The Hall–Kier alpha value is -1.64. The smallest absolute Gasteiger partial charge is 0.134 e. The van der Waals surface area contributed by atoms with Gasteiger partial charge in [0, 0.05) is 19.6 Å². The monoisotopic (exact) mass is 269 g/mol. The molecule has 0 amide bonds. The first kappa shape index (κ1) is 14.8. The summed E-state index contributed by atoms with van der Waals surface area (Å²) in [5, 5.41) is 0. The molecule has 105 valence electrons. The van der Waals surface area contributed by atoms with Crippen molar-refractivity contribution in [1.82, 2.24) is 0 Å². The molecule has 0 fully saturated rings. The van der Waals surface area contributed by atoms with E-state index in [0.29, 0.717) is 13.2 Å². The number of hydrogen-bond acceptors (Lipinski definition) is 2. The third-order valence-electron chi connectivity index (χ3n) is 3.20. The Balaban J connectivity index is 2.38. The van der Waals surface area contributed by atoms with Gasteiger partial charge in [-0.2, -0.15) is 0 Å². The third-order valence-corrected chi connectivity index (χ3v) is 3.20. The summed E-state index contributed by atoms with van der Waals surface area (Å²) in [6.07, 6.45) is 0.951. The van der Waals surface area contributed by atoms with Crippen LogP contribution in [0.25, 0.3) is 0 Å². The van der Waals surface area contributed by atoms with E-state index >= 15 is 0 Å². The lowest BCUT2D eigenvalue weighted by Crippen LogP contribution is -2.20. The second kappa shape index (κ2) is 7.83. The van der Waals surface area contributed by atoms with Crippen molar-refractivity contribution in [3.8, 4) is 0 Å². The molecule has 0 saturated carbocycles. The highest BCUT2D eigenvalue weighted by Crippen LogP contribution is 2.34. The van der Waals surface area contributed by atoms with Crippen molar-refractivity contribution >= 4 is 0 Å². The van der Waals surface area contributed by atoms with Gasteiger partial charge in [0.05, 0.1) is 6.61 Å². The van der Waals surface area contributed by atoms with E-state index in [1.54, 1.807) is 7.11 Å². The highest BCUT2D eigenvalue weighted by molar-refractivity contribution is 5.37. The average molecular weight is 269 g/mol. The fourth-order valence-corrected chi connectivity index (χ4v) is 2.39. The van der Waals surface area contributed by atoms with Crippen LogP contribution in [0.2, 0.25) is 0 Å². The molecular formula is C18H21O2. The molecular weight excluding hydrogens is 248 g/mol. The van der Waals surface area contributed by atoms with Gasteiger partial charge >= 0.3 is 0 Å². The summed E-state index contributed by atoms with van der Waals surface area (Å²) in [5.74, 6) is 0.109. The Morgan fingerprint density at radius 1 is 0.900 bits per heavy atom. The molecule has 0 unspecified atom stereocenters. The van der Waals surface area contributed by atoms with Crippen LogP contribution in [0.3, 0.4) is 0 Å². The van der Waals surface area contributed by atoms with Crippen LogP contribution >= 0.6 is 0 Å². The van der Waals surface area contributed by atoms with Crippen LogP contribution in [-0.4, -0.2) is 20.3 Å². The van der Waals surface area contributed by atoms with E-state index in [-0.39, 0.29) is 5.92 Å². The lowest BCUT2D eigenvalue weighted by atomic mass is 9.87. The maximum atomic E-state index is 5.85. The summed E-state index contributed by atoms with van der Waals surface area (Å²) in [6.45, 7) is 3.15. The van der Waals surface area contributed by atoms with Crippen LogP contribution in [0.15, 0.2) is 60.7 Å². The molecule has 0 aliphatic rings. The molecule has 0 spiro atoms. The molecule has 0 aromatic heterocycles. The number of methoxy groups -OCH3 is 1. The standard InChI is InChI=1S/C18H21O2/c1-3-20-17(14-19-2)18(15-10-6-4-7-11-15)16-12-8-5-9-13-16/h4-13,18H,3,14H2,1-2H3. The second-order valence-electron chi connectivity index (χ2n) is 4.59. The van der Waals surface area contributed by atoms with Crippen molar-refractivity contribution in [2.24, 2.45) is 0 Å². The summed E-state index contributed by atoms with van der Waals surface area (Å²) in [6, 6.07) is 20.8. The minimum absolute atomic E-state index is 0.109. The van der Waals surface area contributed by atoms with Crippen LogP contribution < -0.4 is 0 Å². The minimum atomic E-state index is 0.109. The third kappa shape index (κ3) is 3.69. The summed E-state index contributed by atoms with van der Waals surface area (Å²) in [4.78, 5) is 0. The fraction of sp³-hybridized carbons (Fsp3) is 0.278. The van der Waals surface area contributed by atoms with Gasteiger partial charge in [-0.25, -0.2) is 0 Å². The van der Waals surface area contributed by atoms with E-state index in [1.807, 2.05) is 19.1 Å². The molecule has 20 heavy (non-hydrogen) atoms. The van der Waals surface area contributed by atoms with Gasteiger partial charge in [0.25, 0.3) is 0 Å². The van der Waals surface area contributed by atoms with E-state index in [9.17, 15) is 0 Å². The Labute approximate surface area is 121 Å². The van der Waals surface area contributed by atoms with Crippen molar-refractivity contribution in [1.29, 1.82) is 0 Å². The van der Waals surface area contributed by atoms with Crippen LogP contribution in [-0.2, 0) is 9.47 Å². The molecule has 0 atom stereocenters. The normalized spacial score (nSPS) is 11.2. The van der Waals surface area contributed by atoms with Crippen molar-refractivity contribution < 1.29 is 9.47 Å². The molecule has 0 heterocycles. The van der Waals surface area contributed by atoms with Crippen molar-refractivity contribution in [3.63, 3.8) is 0 Å². The van der Waals surface area contributed by atoms with Gasteiger partial charge in [0.2, 0.25) is 0 Å². The number of rotatable bonds is 7. The molecule has 2 heteroatoms. The lowest BCUT2D eigenvalue weighted by molar-refractivity contribution is 0.0712. The van der Waals surface area contributed by atoms with Crippen LogP contribution in [0, 0.1) is 6.10 Å². The summed E-state index contributed by atoms with van der Waals surface area (Å²) < 4.78 is 11.2. The first-order chi connectivity index (χ1) is 9.86. The van der Waals surface area contributed by atoms with Crippen molar-refractivity contribution in [2.75, 3.05) is 20.3 Å². The molecule has 0 bridgehead atoms. The number of hydrogen-bond donors (Lipinski definition) is 0. The van der Waals surface area contributed by atoms with E-state index in [2.05, 4.69) is 48.5 Å². The quantitative estimate of drug-likeness (QED) is 0.755. The Morgan fingerprint density at radius 3 is 1.80 bits per heavy atom.